The van der Waals surface area contributed by atoms with E-state index >= 15 is 0 Å². The first-order chi connectivity index (χ1) is 14.1. The zero-order valence-corrected chi connectivity index (χ0v) is 18.3. The first-order valence-electron chi connectivity index (χ1n) is 9.87. The van der Waals surface area contributed by atoms with Gasteiger partial charge in [0.25, 0.3) is 0 Å². The van der Waals surface area contributed by atoms with Gasteiger partial charge in [-0.25, -0.2) is 4.79 Å². The molecule has 1 aliphatic carbocycles. The summed E-state index contributed by atoms with van der Waals surface area (Å²) in [5.41, 5.74) is -3.17. The highest BCUT2D eigenvalue weighted by Crippen LogP contribution is 2.23. The van der Waals surface area contributed by atoms with Crippen molar-refractivity contribution in [3.8, 4) is 0 Å². The quantitative estimate of drug-likeness (QED) is 0.422. The number of nitrogens with one attached hydrogen (secondary N) is 3. The summed E-state index contributed by atoms with van der Waals surface area (Å²) in [6.45, 7) is 5.24. The number of rotatable bonds is 6. The Morgan fingerprint density at radius 3 is 1.94 bits per heavy atom. The van der Waals surface area contributed by atoms with Crippen molar-refractivity contribution >= 4 is 23.7 Å². The minimum atomic E-state index is -5.13. The van der Waals surface area contributed by atoms with E-state index in [1.807, 2.05) is 12.2 Å². The Labute approximate surface area is 179 Å². The molecule has 8 nitrogen and oxygen atoms in total. The van der Waals surface area contributed by atoms with Crippen LogP contribution >= 0.6 is 0 Å². The highest BCUT2D eigenvalue weighted by molar-refractivity contribution is 5.93. The van der Waals surface area contributed by atoms with E-state index in [1.54, 1.807) is 5.32 Å². The summed E-state index contributed by atoms with van der Waals surface area (Å²) >= 11 is 0. The van der Waals surface area contributed by atoms with Crippen LogP contribution in [0.1, 0.15) is 53.4 Å². The highest BCUT2D eigenvalue weighted by Gasteiger charge is 2.44. The molecular weight excluding hydrogens is 419 g/mol. The third-order valence-electron chi connectivity index (χ3n) is 4.98. The molecule has 3 N–H and O–H groups in total. The Bertz CT molecular complexity index is 732. The van der Waals surface area contributed by atoms with Crippen LogP contribution in [0.4, 0.5) is 13.2 Å². The fourth-order valence-corrected chi connectivity index (χ4v) is 3.14. The molecule has 0 heterocycles. The number of alkyl halides is 3. The number of carbonyl (C=O) groups is 4. The van der Waals surface area contributed by atoms with E-state index in [1.165, 1.54) is 21.0 Å². The zero-order valence-electron chi connectivity index (χ0n) is 18.3. The van der Waals surface area contributed by atoms with E-state index in [2.05, 4.69) is 15.4 Å². The number of ether oxygens (including phenoxy) is 1. The average Bonchev–Trinajstić information content (AvgIpc) is 2.61. The molecule has 3 amide bonds. The van der Waals surface area contributed by atoms with Crippen LogP contribution in [0.15, 0.2) is 12.2 Å². The standard InChI is InChI=1S/C20H30F3N3O5/c1-18(2,26-16(29)20(21,22)23)15(28)24-13-11-9-7-6-8-10-12(13)14(27)25-19(3,4)17(30)31-5/h6-7,12-13H,8-11H2,1-5H3,(H,24,28)(H,25,27)(H,26,29)/b7-6-/t12-,13+/m0/s1. The minimum absolute atomic E-state index is 0.347. The molecule has 0 unspecified atom stereocenters. The third kappa shape index (κ3) is 7.55. The van der Waals surface area contributed by atoms with Crippen LogP contribution in [0.25, 0.3) is 0 Å². The second-order valence-electron chi connectivity index (χ2n) is 8.50. The monoisotopic (exact) mass is 449 g/mol. The number of allylic oxidation sites excluding steroid dienone is 2. The lowest BCUT2D eigenvalue weighted by atomic mass is 9.86. The van der Waals surface area contributed by atoms with Crippen molar-refractivity contribution < 1.29 is 37.1 Å². The van der Waals surface area contributed by atoms with E-state index < -0.39 is 52.9 Å². The van der Waals surface area contributed by atoms with Gasteiger partial charge in [0.1, 0.15) is 11.1 Å². The second-order valence-corrected chi connectivity index (χ2v) is 8.50. The fourth-order valence-electron chi connectivity index (χ4n) is 3.14. The zero-order chi connectivity index (χ0) is 24.0. The van der Waals surface area contributed by atoms with Gasteiger partial charge in [-0.05, 0) is 53.4 Å². The Hall–Kier alpha value is -2.59. The Morgan fingerprint density at radius 1 is 0.871 bits per heavy atom. The SMILES string of the molecule is COC(=O)C(C)(C)NC(=O)[C@H]1CC/C=C\CC[C@H]1NC(=O)C(C)(C)NC(=O)C(F)(F)F. The first-order valence-corrected chi connectivity index (χ1v) is 9.87. The molecule has 0 aromatic carbocycles. The highest BCUT2D eigenvalue weighted by atomic mass is 19.4. The van der Waals surface area contributed by atoms with Gasteiger partial charge in [0, 0.05) is 6.04 Å². The maximum Gasteiger partial charge on any atom is 0.471 e. The van der Waals surface area contributed by atoms with E-state index in [-0.39, 0.29) is 0 Å². The number of halogens is 3. The maximum absolute atomic E-state index is 12.9. The van der Waals surface area contributed by atoms with Crippen molar-refractivity contribution in [1.82, 2.24) is 16.0 Å². The van der Waals surface area contributed by atoms with Crippen LogP contribution in [-0.2, 0) is 23.9 Å². The summed E-state index contributed by atoms with van der Waals surface area (Å²) in [6, 6.07) is -0.715. The van der Waals surface area contributed by atoms with Crippen molar-refractivity contribution in [2.45, 2.75) is 76.7 Å². The summed E-state index contributed by atoms with van der Waals surface area (Å²) < 4.78 is 42.4. The van der Waals surface area contributed by atoms with E-state index in [0.717, 1.165) is 13.8 Å². The molecule has 1 aliphatic rings. The lowest BCUT2D eigenvalue weighted by molar-refractivity contribution is -0.176. The van der Waals surface area contributed by atoms with Crippen molar-refractivity contribution in [2.24, 2.45) is 5.92 Å². The van der Waals surface area contributed by atoms with Gasteiger partial charge in [-0.15, -0.1) is 0 Å². The summed E-state index contributed by atoms with van der Waals surface area (Å²) in [4.78, 5) is 48.8. The molecule has 0 radical (unpaired) electrons. The molecule has 0 fully saturated rings. The van der Waals surface area contributed by atoms with Gasteiger partial charge in [0.15, 0.2) is 0 Å². The molecule has 11 heteroatoms. The first kappa shape index (κ1) is 26.4. The molecule has 0 aliphatic heterocycles. The molecule has 0 spiro atoms. The Kier molecular flexibility index (Phi) is 8.65. The van der Waals surface area contributed by atoms with Crippen LogP contribution in [0.2, 0.25) is 0 Å². The predicted octanol–water partition coefficient (Wildman–Crippen LogP) is 1.74. The number of hydrogen-bond donors (Lipinski definition) is 3. The molecule has 1 rings (SSSR count). The fraction of sp³-hybridized carbons (Fsp3) is 0.700. The predicted molar refractivity (Wildman–Crippen MR) is 106 cm³/mol. The van der Waals surface area contributed by atoms with Crippen molar-refractivity contribution in [1.29, 1.82) is 0 Å². The van der Waals surface area contributed by atoms with E-state index in [9.17, 15) is 32.3 Å². The summed E-state index contributed by atoms with van der Waals surface area (Å²) in [7, 11) is 1.19. The number of carbonyl (C=O) groups excluding carboxylic acids is 4. The lowest BCUT2D eigenvalue weighted by Crippen LogP contribution is -2.61. The minimum Gasteiger partial charge on any atom is -0.467 e. The number of esters is 1. The molecule has 31 heavy (non-hydrogen) atoms. The van der Waals surface area contributed by atoms with Crippen LogP contribution in [0, 0.1) is 5.92 Å². The van der Waals surface area contributed by atoms with E-state index in [4.69, 9.17) is 0 Å². The van der Waals surface area contributed by atoms with Crippen molar-refractivity contribution in [2.75, 3.05) is 7.11 Å². The van der Waals surface area contributed by atoms with Gasteiger partial charge < -0.3 is 20.7 Å². The van der Waals surface area contributed by atoms with Crippen molar-refractivity contribution in [3.63, 3.8) is 0 Å². The molecule has 0 bridgehead atoms. The second kappa shape index (κ2) is 10.1. The number of methoxy groups -OCH3 is 1. The van der Waals surface area contributed by atoms with Crippen LogP contribution < -0.4 is 16.0 Å². The summed E-state index contributed by atoms with van der Waals surface area (Å²) in [6.07, 6.45) is 0.424. The molecular formula is C20H30F3N3O5. The van der Waals surface area contributed by atoms with Crippen LogP contribution in [0.3, 0.4) is 0 Å². The number of amides is 3. The largest absolute Gasteiger partial charge is 0.471 e. The van der Waals surface area contributed by atoms with Gasteiger partial charge >= 0.3 is 18.1 Å². The molecule has 0 saturated carbocycles. The Balaban J connectivity index is 3.02. The summed E-state index contributed by atoms with van der Waals surface area (Å²) in [5, 5.41) is 6.89. The van der Waals surface area contributed by atoms with Gasteiger partial charge in [0.2, 0.25) is 11.8 Å². The maximum atomic E-state index is 12.9. The third-order valence-corrected chi connectivity index (χ3v) is 4.98. The molecule has 2 atom stereocenters. The average molecular weight is 449 g/mol. The van der Waals surface area contributed by atoms with Crippen molar-refractivity contribution in [3.05, 3.63) is 12.2 Å². The number of hydrogen-bond acceptors (Lipinski definition) is 5. The topological polar surface area (TPSA) is 114 Å². The van der Waals surface area contributed by atoms with E-state index in [0.29, 0.717) is 25.7 Å². The molecule has 0 saturated heterocycles. The molecule has 0 aromatic rings. The lowest BCUT2D eigenvalue weighted by Gasteiger charge is -2.34. The Morgan fingerprint density at radius 2 is 1.42 bits per heavy atom. The molecule has 0 aromatic heterocycles. The van der Waals surface area contributed by atoms with Crippen LogP contribution in [-0.4, -0.2) is 54.1 Å². The normalized spacial score (nSPS) is 21.2. The van der Waals surface area contributed by atoms with Gasteiger partial charge in [-0.3, -0.25) is 14.4 Å². The summed E-state index contributed by atoms with van der Waals surface area (Å²) in [5.74, 6) is -4.98. The van der Waals surface area contributed by atoms with Gasteiger partial charge in [-0.2, -0.15) is 13.2 Å². The molecule has 176 valence electrons. The van der Waals surface area contributed by atoms with Gasteiger partial charge in [-0.1, -0.05) is 12.2 Å². The van der Waals surface area contributed by atoms with Gasteiger partial charge in [0.05, 0.1) is 13.0 Å². The smallest absolute Gasteiger partial charge is 0.467 e. The van der Waals surface area contributed by atoms with Crippen LogP contribution in [0.5, 0.6) is 0 Å².